The molecule has 0 fully saturated rings. The van der Waals surface area contributed by atoms with Gasteiger partial charge in [-0.2, -0.15) is 0 Å². The van der Waals surface area contributed by atoms with Crippen LogP contribution in [0.5, 0.6) is 0 Å². The Morgan fingerprint density at radius 2 is 2.00 bits per heavy atom. The zero-order valence-corrected chi connectivity index (χ0v) is 11.3. The molecule has 2 nitrogen and oxygen atoms in total. The molecule has 92 valence electrons. The predicted molar refractivity (Wildman–Crippen MR) is 75.2 cm³/mol. The molecule has 1 aromatic carbocycles. The monoisotopic (exact) mass is 257 g/mol. The summed E-state index contributed by atoms with van der Waals surface area (Å²) in [6.07, 6.45) is 3.39. The van der Waals surface area contributed by atoms with Gasteiger partial charge in [0.2, 0.25) is 0 Å². The number of aryl methyl sites for hydroxylation is 2. The van der Waals surface area contributed by atoms with Crippen molar-refractivity contribution in [1.82, 2.24) is 4.98 Å². The number of benzene rings is 1. The van der Waals surface area contributed by atoms with Gasteiger partial charge in [-0.15, -0.1) is 11.8 Å². The summed E-state index contributed by atoms with van der Waals surface area (Å²) in [4.78, 5) is 17.2. The second kappa shape index (κ2) is 5.83. The van der Waals surface area contributed by atoms with Crippen LogP contribution in [0.1, 0.15) is 21.5 Å². The van der Waals surface area contributed by atoms with Crippen molar-refractivity contribution in [2.45, 2.75) is 18.7 Å². The number of thioether (sulfide) groups is 1. The van der Waals surface area contributed by atoms with E-state index < -0.39 is 0 Å². The van der Waals surface area contributed by atoms with Crippen molar-refractivity contribution in [3.8, 4) is 0 Å². The van der Waals surface area contributed by atoms with Crippen LogP contribution < -0.4 is 0 Å². The highest BCUT2D eigenvalue weighted by Crippen LogP contribution is 2.20. The summed E-state index contributed by atoms with van der Waals surface area (Å²) in [6, 6.07) is 10.1. The number of hydrogen-bond donors (Lipinski definition) is 0. The summed E-state index contributed by atoms with van der Waals surface area (Å²) in [5, 5.41) is 0. The minimum atomic E-state index is 0.123. The van der Waals surface area contributed by atoms with E-state index in [-0.39, 0.29) is 5.78 Å². The molecule has 0 aliphatic rings. The van der Waals surface area contributed by atoms with E-state index in [2.05, 4.69) is 24.0 Å². The molecule has 0 aliphatic heterocycles. The van der Waals surface area contributed by atoms with E-state index in [0.717, 1.165) is 10.5 Å². The Kier molecular flexibility index (Phi) is 4.15. The van der Waals surface area contributed by atoms with E-state index in [0.29, 0.717) is 11.3 Å². The number of ketones is 1. The third-order valence-corrected chi connectivity index (χ3v) is 3.55. The smallest absolute Gasteiger partial charge is 0.174 e. The number of hydrogen-bond acceptors (Lipinski definition) is 3. The van der Waals surface area contributed by atoms with Gasteiger partial charge in [0, 0.05) is 22.9 Å². The number of nitrogens with zero attached hydrogens (tertiary/aromatic N) is 1. The Bertz CT molecular complexity index is 566. The highest BCUT2D eigenvalue weighted by Gasteiger charge is 2.07. The van der Waals surface area contributed by atoms with Crippen LogP contribution in [0.3, 0.4) is 0 Å². The van der Waals surface area contributed by atoms with Crippen LogP contribution in [0.2, 0.25) is 0 Å². The molecule has 1 aromatic heterocycles. The second-order valence-corrected chi connectivity index (χ2v) is 5.33. The summed E-state index contributed by atoms with van der Waals surface area (Å²) in [5.74, 6) is 0.576. The molecule has 0 N–H and O–H groups in total. The Labute approximate surface area is 111 Å². The van der Waals surface area contributed by atoms with E-state index in [1.807, 2.05) is 25.1 Å². The fourth-order valence-electron chi connectivity index (χ4n) is 1.64. The summed E-state index contributed by atoms with van der Waals surface area (Å²) in [7, 11) is 0. The predicted octanol–water partition coefficient (Wildman–Crippen LogP) is 3.67. The molecular formula is C15H15NOS. The zero-order valence-electron chi connectivity index (χ0n) is 10.5. The lowest BCUT2D eigenvalue weighted by atomic mass is 10.2. The number of pyridine rings is 1. The van der Waals surface area contributed by atoms with Crippen LogP contribution in [-0.2, 0) is 0 Å². The molecule has 18 heavy (non-hydrogen) atoms. The minimum absolute atomic E-state index is 0.123. The van der Waals surface area contributed by atoms with Gasteiger partial charge in [-0.05, 0) is 37.6 Å². The number of Topliss-reactive ketones (excluding diaryl/α,β-unsaturated/α-hetero) is 1. The third-order valence-electron chi connectivity index (χ3n) is 2.56. The first-order chi connectivity index (χ1) is 8.65. The Balaban J connectivity index is 2.00. The molecule has 0 bridgehead atoms. The van der Waals surface area contributed by atoms with Gasteiger partial charge < -0.3 is 0 Å². The van der Waals surface area contributed by atoms with Gasteiger partial charge in [-0.1, -0.05) is 17.7 Å². The highest BCUT2D eigenvalue weighted by atomic mass is 32.2. The lowest BCUT2D eigenvalue weighted by molar-refractivity contribution is 0.102. The van der Waals surface area contributed by atoms with Crippen molar-refractivity contribution in [3.63, 3.8) is 0 Å². The quantitative estimate of drug-likeness (QED) is 0.618. The first kappa shape index (κ1) is 12.8. The normalized spacial score (nSPS) is 10.3. The first-order valence-corrected chi connectivity index (χ1v) is 6.78. The Morgan fingerprint density at radius 3 is 2.72 bits per heavy atom. The minimum Gasteiger partial charge on any atom is -0.293 e. The molecule has 0 spiro atoms. The van der Waals surface area contributed by atoms with Crippen molar-refractivity contribution >= 4 is 17.5 Å². The van der Waals surface area contributed by atoms with Crippen LogP contribution in [0, 0.1) is 13.8 Å². The molecule has 2 aromatic rings. The van der Waals surface area contributed by atoms with Crippen LogP contribution in [0.4, 0.5) is 0 Å². The van der Waals surface area contributed by atoms with Crippen LogP contribution in [0.15, 0.2) is 47.6 Å². The lowest BCUT2D eigenvalue weighted by Gasteiger charge is -2.03. The molecule has 0 unspecified atom stereocenters. The molecule has 0 atom stereocenters. The van der Waals surface area contributed by atoms with E-state index in [4.69, 9.17) is 0 Å². The molecule has 0 saturated heterocycles. The fourth-order valence-corrected chi connectivity index (χ4v) is 2.55. The topological polar surface area (TPSA) is 30.0 Å². The molecule has 1 heterocycles. The summed E-state index contributed by atoms with van der Waals surface area (Å²) in [6.45, 7) is 3.99. The van der Waals surface area contributed by atoms with Gasteiger partial charge >= 0.3 is 0 Å². The van der Waals surface area contributed by atoms with Crippen LogP contribution >= 0.6 is 11.8 Å². The molecular weight excluding hydrogens is 242 g/mol. The van der Waals surface area contributed by atoms with Crippen LogP contribution in [-0.4, -0.2) is 16.5 Å². The molecule has 0 amide bonds. The van der Waals surface area contributed by atoms with Crippen LogP contribution in [0.25, 0.3) is 0 Å². The highest BCUT2D eigenvalue weighted by molar-refractivity contribution is 8.00. The van der Waals surface area contributed by atoms with Gasteiger partial charge in [0.25, 0.3) is 0 Å². The molecule has 3 heteroatoms. The Morgan fingerprint density at radius 1 is 1.17 bits per heavy atom. The SMILES string of the molecule is Cc1cccc(SCC(=O)c2cncc(C)c2)c1. The van der Waals surface area contributed by atoms with Crippen molar-refractivity contribution in [2.75, 3.05) is 5.75 Å². The van der Waals surface area contributed by atoms with Gasteiger partial charge in [-0.25, -0.2) is 0 Å². The van der Waals surface area contributed by atoms with Crippen molar-refractivity contribution < 1.29 is 4.79 Å². The van der Waals surface area contributed by atoms with E-state index in [9.17, 15) is 4.79 Å². The van der Waals surface area contributed by atoms with Crippen molar-refractivity contribution in [3.05, 3.63) is 59.4 Å². The molecule has 0 saturated carbocycles. The number of aromatic nitrogens is 1. The number of carbonyl (C=O) groups is 1. The largest absolute Gasteiger partial charge is 0.293 e. The van der Waals surface area contributed by atoms with Gasteiger partial charge in [0.05, 0.1) is 5.75 Å². The molecule has 0 radical (unpaired) electrons. The first-order valence-electron chi connectivity index (χ1n) is 5.79. The maximum Gasteiger partial charge on any atom is 0.174 e. The lowest BCUT2D eigenvalue weighted by Crippen LogP contribution is -2.03. The Hall–Kier alpha value is -1.61. The second-order valence-electron chi connectivity index (χ2n) is 4.28. The standard InChI is InChI=1S/C15H15NOS/c1-11-4-3-5-14(7-11)18-10-15(17)13-6-12(2)8-16-9-13/h3-9H,10H2,1-2H3. The van der Waals surface area contributed by atoms with E-state index >= 15 is 0 Å². The average Bonchev–Trinajstić information content (AvgIpc) is 2.36. The van der Waals surface area contributed by atoms with Gasteiger partial charge in [0.1, 0.15) is 0 Å². The van der Waals surface area contributed by atoms with E-state index in [1.54, 1.807) is 24.2 Å². The third kappa shape index (κ3) is 3.44. The number of carbonyl (C=O) groups excluding carboxylic acids is 1. The number of rotatable bonds is 4. The van der Waals surface area contributed by atoms with Crippen molar-refractivity contribution in [1.29, 1.82) is 0 Å². The summed E-state index contributed by atoms with van der Waals surface area (Å²) in [5.41, 5.74) is 2.92. The van der Waals surface area contributed by atoms with Crippen molar-refractivity contribution in [2.24, 2.45) is 0 Å². The molecule has 0 aliphatic carbocycles. The maximum absolute atomic E-state index is 12.0. The summed E-state index contributed by atoms with van der Waals surface area (Å²) >= 11 is 1.57. The molecule has 2 rings (SSSR count). The van der Waals surface area contributed by atoms with E-state index in [1.165, 1.54) is 5.56 Å². The van der Waals surface area contributed by atoms with Gasteiger partial charge in [-0.3, -0.25) is 9.78 Å². The maximum atomic E-state index is 12.0. The summed E-state index contributed by atoms with van der Waals surface area (Å²) < 4.78 is 0. The zero-order chi connectivity index (χ0) is 13.0. The fraction of sp³-hybridized carbons (Fsp3) is 0.200. The van der Waals surface area contributed by atoms with Gasteiger partial charge in [0.15, 0.2) is 5.78 Å². The average molecular weight is 257 g/mol.